The number of sulfonamides is 1. The number of hydrogen-bond donors (Lipinski definition) is 2. The van der Waals surface area contributed by atoms with E-state index in [1.54, 1.807) is 24.3 Å². The normalized spacial score (nSPS) is 14.2. The molecule has 7 heteroatoms. The Morgan fingerprint density at radius 3 is 2.46 bits per heavy atom. The van der Waals surface area contributed by atoms with Crippen molar-refractivity contribution in [3.8, 4) is 0 Å². The predicted molar refractivity (Wildman–Crippen MR) is 88.5 cm³/mol. The van der Waals surface area contributed by atoms with Crippen molar-refractivity contribution in [1.82, 2.24) is 5.32 Å². The molecule has 1 aliphatic rings. The van der Waals surface area contributed by atoms with Crippen LogP contribution in [0.5, 0.6) is 0 Å². The van der Waals surface area contributed by atoms with Gasteiger partial charge in [0.2, 0.25) is 5.91 Å². The fourth-order valence-electron chi connectivity index (χ4n) is 2.23. The van der Waals surface area contributed by atoms with Crippen molar-refractivity contribution in [3.05, 3.63) is 59.9 Å². The van der Waals surface area contributed by atoms with Gasteiger partial charge >= 0.3 is 0 Å². The average molecular weight is 348 g/mol. The molecular formula is C17H17FN2O3S. The quantitative estimate of drug-likeness (QED) is 0.842. The SMILES string of the molecule is O=C(Cc1ccc(NS(=O)(=O)c2cccc(F)c2)cc1)NC1CC1. The van der Waals surface area contributed by atoms with Crippen molar-refractivity contribution in [2.75, 3.05) is 4.72 Å². The highest BCUT2D eigenvalue weighted by molar-refractivity contribution is 7.92. The molecule has 1 fully saturated rings. The Kier molecular flexibility index (Phi) is 4.53. The Balaban J connectivity index is 1.65. The summed E-state index contributed by atoms with van der Waals surface area (Å²) in [6.45, 7) is 0. The molecule has 24 heavy (non-hydrogen) atoms. The summed E-state index contributed by atoms with van der Waals surface area (Å²) < 4.78 is 40.0. The molecule has 1 aliphatic carbocycles. The molecule has 0 unspecified atom stereocenters. The van der Waals surface area contributed by atoms with Crippen molar-refractivity contribution in [1.29, 1.82) is 0 Å². The first-order valence-electron chi connectivity index (χ1n) is 7.59. The third kappa shape index (κ3) is 4.32. The van der Waals surface area contributed by atoms with Gasteiger partial charge in [-0.15, -0.1) is 0 Å². The van der Waals surface area contributed by atoms with E-state index in [4.69, 9.17) is 0 Å². The van der Waals surface area contributed by atoms with E-state index in [2.05, 4.69) is 10.0 Å². The topological polar surface area (TPSA) is 75.3 Å². The Morgan fingerprint density at radius 2 is 1.83 bits per heavy atom. The molecule has 0 radical (unpaired) electrons. The van der Waals surface area contributed by atoms with E-state index in [1.807, 2.05) is 0 Å². The van der Waals surface area contributed by atoms with Crippen molar-refractivity contribution in [2.45, 2.75) is 30.2 Å². The lowest BCUT2D eigenvalue weighted by Gasteiger charge is -2.09. The Morgan fingerprint density at radius 1 is 1.12 bits per heavy atom. The highest BCUT2D eigenvalue weighted by atomic mass is 32.2. The third-order valence-corrected chi connectivity index (χ3v) is 5.00. The molecule has 1 amide bonds. The zero-order valence-corrected chi connectivity index (χ0v) is 13.6. The van der Waals surface area contributed by atoms with Crippen LogP contribution in [-0.4, -0.2) is 20.4 Å². The highest BCUT2D eigenvalue weighted by Gasteiger charge is 2.23. The molecule has 0 atom stereocenters. The first-order chi connectivity index (χ1) is 11.4. The zero-order valence-electron chi connectivity index (χ0n) is 12.8. The molecule has 0 spiro atoms. The fraction of sp³-hybridized carbons (Fsp3) is 0.235. The zero-order chi connectivity index (χ0) is 17.2. The maximum absolute atomic E-state index is 13.2. The van der Waals surface area contributed by atoms with Crippen molar-refractivity contribution in [3.63, 3.8) is 0 Å². The second-order valence-electron chi connectivity index (χ2n) is 5.78. The first kappa shape index (κ1) is 16.4. The number of benzene rings is 2. The molecule has 126 valence electrons. The summed E-state index contributed by atoms with van der Waals surface area (Å²) in [4.78, 5) is 11.6. The number of carbonyl (C=O) groups excluding carboxylic acids is 1. The second kappa shape index (κ2) is 6.60. The Labute approximate surface area is 139 Å². The summed E-state index contributed by atoms with van der Waals surface area (Å²) in [6, 6.07) is 11.7. The minimum Gasteiger partial charge on any atom is -0.353 e. The molecule has 1 saturated carbocycles. The molecule has 3 rings (SSSR count). The Hall–Kier alpha value is -2.41. The van der Waals surface area contributed by atoms with Gasteiger partial charge in [-0.1, -0.05) is 18.2 Å². The van der Waals surface area contributed by atoms with Gasteiger partial charge in [-0.05, 0) is 48.7 Å². The second-order valence-corrected chi connectivity index (χ2v) is 7.46. The first-order valence-corrected chi connectivity index (χ1v) is 9.07. The molecule has 0 aliphatic heterocycles. The van der Waals surface area contributed by atoms with Crippen LogP contribution in [0.3, 0.4) is 0 Å². The van der Waals surface area contributed by atoms with Gasteiger partial charge in [0.1, 0.15) is 5.82 Å². The molecule has 2 N–H and O–H groups in total. The maximum Gasteiger partial charge on any atom is 0.261 e. The van der Waals surface area contributed by atoms with Crippen LogP contribution in [0, 0.1) is 5.82 Å². The summed E-state index contributed by atoms with van der Waals surface area (Å²) >= 11 is 0. The number of nitrogens with one attached hydrogen (secondary N) is 2. The fourth-order valence-corrected chi connectivity index (χ4v) is 3.32. The smallest absolute Gasteiger partial charge is 0.261 e. The van der Waals surface area contributed by atoms with E-state index in [0.717, 1.165) is 24.5 Å². The molecule has 0 bridgehead atoms. The Bertz CT molecular complexity index is 846. The molecule has 0 aromatic heterocycles. The summed E-state index contributed by atoms with van der Waals surface area (Å²) in [5.74, 6) is -0.652. The molecule has 0 heterocycles. The molecule has 5 nitrogen and oxygen atoms in total. The summed E-state index contributed by atoms with van der Waals surface area (Å²) in [6.07, 6.45) is 2.33. The van der Waals surface area contributed by atoms with Crippen LogP contribution < -0.4 is 10.0 Å². The number of hydrogen-bond acceptors (Lipinski definition) is 3. The van der Waals surface area contributed by atoms with Gasteiger partial charge in [0.25, 0.3) is 10.0 Å². The third-order valence-electron chi connectivity index (χ3n) is 3.62. The largest absolute Gasteiger partial charge is 0.353 e. The van der Waals surface area contributed by atoms with Gasteiger partial charge in [-0.3, -0.25) is 9.52 Å². The lowest BCUT2D eigenvalue weighted by Crippen LogP contribution is -2.26. The predicted octanol–water partition coefficient (Wildman–Crippen LogP) is 2.45. The summed E-state index contributed by atoms with van der Waals surface area (Å²) in [5.41, 5.74) is 1.15. The summed E-state index contributed by atoms with van der Waals surface area (Å²) in [7, 11) is -3.85. The van der Waals surface area contributed by atoms with E-state index < -0.39 is 15.8 Å². The van der Waals surface area contributed by atoms with Crippen LogP contribution in [0.1, 0.15) is 18.4 Å². The van der Waals surface area contributed by atoms with Crippen LogP contribution in [0.15, 0.2) is 53.4 Å². The van der Waals surface area contributed by atoms with Crippen LogP contribution in [-0.2, 0) is 21.2 Å². The van der Waals surface area contributed by atoms with Crippen molar-refractivity contribution in [2.24, 2.45) is 0 Å². The van der Waals surface area contributed by atoms with Gasteiger partial charge in [0, 0.05) is 11.7 Å². The minimum atomic E-state index is -3.85. The van der Waals surface area contributed by atoms with E-state index in [-0.39, 0.29) is 17.2 Å². The molecule has 0 saturated heterocycles. The van der Waals surface area contributed by atoms with E-state index in [1.165, 1.54) is 18.2 Å². The van der Waals surface area contributed by atoms with Gasteiger partial charge in [-0.2, -0.15) is 0 Å². The van der Waals surface area contributed by atoms with E-state index in [0.29, 0.717) is 11.7 Å². The van der Waals surface area contributed by atoms with E-state index >= 15 is 0 Å². The van der Waals surface area contributed by atoms with E-state index in [9.17, 15) is 17.6 Å². The van der Waals surface area contributed by atoms with Gasteiger partial charge in [-0.25, -0.2) is 12.8 Å². The average Bonchev–Trinajstić information content (AvgIpc) is 3.33. The minimum absolute atomic E-state index is 0.0365. The van der Waals surface area contributed by atoms with Crippen LogP contribution >= 0.6 is 0 Å². The lowest BCUT2D eigenvalue weighted by atomic mass is 10.1. The number of rotatable bonds is 6. The van der Waals surface area contributed by atoms with Gasteiger partial charge < -0.3 is 5.32 Å². The molecule has 2 aromatic carbocycles. The van der Waals surface area contributed by atoms with Crippen LogP contribution in [0.4, 0.5) is 10.1 Å². The highest BCUT2D eigenvalue weighted by Crippen LogP contribution is 2.20. The monoisotopic (exact) mass is 348 g/mol. The van der Waals surface area contributed by atoms with Gasteiger partial charge in [0.15, 0.2) is 0 Å². The standard InChI is InChI=1S/C17H17FN2O3S/c18-13-2-1-3-16(11-13)24(22,23)20-15-6-4-12(5-7-15)10-17(21)19-14-8-9-14/h1-7,11,14,20H,8-10H2,(H,19,21). The van der Waals surface area contributed by atoms with Crippen LogP contribution in [0.25, 0.3) is 0 Å². The number of anilines is 1. The summed E-state index contributed by atoms with van der Waals surface area (Å²) in [5, 5.41) is 2.90. The van der Waals surface area contributed by atoms with Crippen LogP contribution in [0.2, 0.25) is 0 Å². The molecular weight excluding hydrogens is 331 g/mol. The van der Waals surface area contributed by atoms with Crippen molar-refractivity contribution >= 4 is 21.6 Å². The van der Waals surface area contributed by atoms with Gasteiger partial charge in [0.05, 0.1) is 11.3 Å². The number of carbonyl (C=O) groups is 1. The van der Waals surface area contributed by atoms with Crippen molar-refractivity contribution < 1.29 is 17.6 Å². The lowest BCUT2D eigenvalue weighted by molar-refractivity contribution is -0.120. The maximum atomic E-state index is 13.2. The number of amides is 1. The number of halogens is 1. The molecule has 2 aromatic rings.